The Hall–Kier alpha value is -4.07. The number of aryl methyl sites for hydroxylation is 1. The maximum atomic E-state index is 12.8. The highest BCUT2D eigenvalue weighted by Crippen LogP contribution is 2.34. The smallest absolute Gasteiger partial charge is 0.341 e. The largest absolute Gasteiger partial charge is 0.462 e. The molecule has 3 rings (SSSR count). The first-order chi connectivity index (χ1) is 16.0. The normalized spacial score (nSPS) is 10.8. The third-order valence-electron chi connectivity index (χ3n) is 4.92. The average Bonchev–Trinajstić information content (AvgIpc) is 3.43. The van der Waals surface area contributed by atoms with E-state index in [0.29, 0.717) is 17.7 Å². The third-order valence-corrected chi connectivity index (χ3v) is 6.14. The predicted octanol–water partition coefficient (Wildman–Crippen LogP) is 2.40. The number of rotatable bonds is 9. The van der Waals surface area contributed by atoms with E-state index in [2.05, 4.69) is 15.5 Å². The number of nitrogens with two attached hydrogens (primary N) is 1. The van der Waals surface area contributed by atoms with E-state index in [-0.39, 0.29) is 45.8 Å². The Morgan fingerprint density at radius 1 is 1.26 bits per heavy atom. The van der Waals surface area contributed by atoms with Crippen LogP contribution in [0.2, 0.25) is 0 Å². The Kier molecular flexibility index (Phi) is 7.10. The van der Waals surface area contributed by atoms with E-state index in [1.165, 1.54) is 28.6 Å². The molecule has 3 aromatic heterocycles. The van der Waals surface area contributed by atoms with Gasteiger partial charge in [0, 0.05) is 6.20 Å². The van der Waals surface area contributed by atoms with Crippen molar-refractivity contribution in [3.63, 3.8) is 0 Å². The maximum absolute atomic E-state index is 12.8. The zero-order valence-corrected chi connectivity index (χ0v) is 19.8. The van der Waals surface area contributed by atoms with Gasteiger partial charge in [0.15, 0.2) is 5.69 Å². The van der Waals surface area contributed by atoms with Gasteiger partial charge in [0.05, 0.1) is 22.0 Å². The Morgan fingerprint density at radius 3 is 2.56 bits per heavy atom. The first kappa shape index (κ1) is 24.6. The number of anilines is 1. The van der Waals surface area contributed by atoms with Crippen molar-refractivity contribution in [2.45, 2.75) is 40.8 Å². The zero-order valence-electron chi connectivity index (χ0n) is 18.9. The third kappa shape index (κ3) is 4.80. The van der Waals surface area contributed by atoms with E-state index in [4.69, 9.17) is 10.5 Å². The molecule has 0 radical (unpaired) electrons. The second kappa shape index (κ2) is 9.82. The molecule has 2 amide bonds. The van der Waals surface area contributed by atoms with Crippen molar-refractivity contribution in [2.24, 2.45) is 5.73 Å². The Morgan fingerprint density at radius 2 is 1.97 bits per heavy atom. The van der Waals surface area contributed by atoms with Gasteiger partial charge in [0.1, 0.15) is 23.1 Å². The Balaban J connectivity index is 1.83. The highest BCUT2D eigenvalue weighted by molar-refractivity contribution is 7.18. The van der Waals surface area contributed by atoms with Crippen molar-refractivity contribution in [1.29, 1.82) is 0 Å². The molecule has 0 aliphatic carbocycles. The van der Waals surface area contributed by atoms with Gasteiger partial charge in [0.2, 0.25) is 0 Å². The van der Waals surface area contributed by atoms with Gasteiger partial charge >= 0.3 is 11.7 Å². The van der Waals surface area contributed by atoms with E-state index >= 15 is 0 Å². The quantitative estimate of drug-likeness (QED) is 0.261. The lowest BCUT2D eigenvalue weighted by Gasteiger charge is -2.07. The van der Waals surface area contributed by atoms with Crippen molar-refractivity contribution >= 4 is 39.8 Å². The number of esters is 1. The van der Waals surface area contributed by atoms with Crippen molar-refractivity contribution in [2.75, 3.05) is 11.9 Å². The summed E-state index contributed by atoms with van der Waals surface area (Å²) in [5.41, 5.74) is 6.36. The number of thiophene rings is 1. The van der Waals surface area contributed by atoms with Crippen LogP contribution in [-0.2, 0) is 11.4 Å². The molecule has 14 heteroatoms. The Labute approximate surface area is 197 Å². The molecule has 0 atom stereocenters. The van der Waals surface area contributed by atoms with E-state index in [1.54, 1.807) is 13.8 Å². The molecule has 13 nitrogen and oxygen atoms in total. The lowest BCUT2D eigenvalue weighted by atomic mass is 10.1. The van der Waals surface area contributed by atoms with Crippen molar-refractivity contribution in [1.82, 2.24) is 19.6 Å². The number of nitrogens with zero attached hydrogens (tertiary/aromatic N) is 5. The van der Waals surface area contributed by atoms with Gasteiger partial charge in [-0.2, -0.15) is 10.2 Å². The summed E-state index contributed by atoms with van der Waals surface area (Å²) in [5.74, 6) is -2.02. The fraction of sp³-hybridized carbons (Fsp3) is 0.350. The minimum absolute atomic E-state index is 0.0237. The average molecular weight is 490 g/mol. The lowest BCUT2D eigenvalue weighted by molar-refractivity contribution is -0.386. The fourth-order valence-corrected chi connectivity index (χ4v) is 4.35. The number of carbonyl (C=O) groups excluding carboxylic acids is 3. The molecule has 0 saturated heterocycles. The molecular weight excluding hydrogens is 466 g/mol. The SMILES string of the molecule is CCCOC(=O)c1c(NC(=O)c2ccn(Cn3nc(C)c([N+](=O)[O-])c3C)n2)sc(C(N)=O)c1C. The van der Waals surface area contributed by atoms with Gasteiger partial charge in [0.25, 0.3) is 11.8 Å². The molecule has 0 bridgehead atoms. The maximum Gasteiger partial charge on any atom is 0.341 e. The number of aromatic nitrogens is 4. The van der Waals surface area contributed by atoms with Gasteiger partial charge in [-0.05, 0) is 38.8 Å². The van der Waals surface area contributed by atoms with Gasteiger partial charge < -0.3 is 15.8 Å². The molecule has 0 saturated carbocycles. The first-order valence-electron chi connectivity index (χ1n) is 10.2. The van der Waals surface area contributed by atoms with Crippen molar-refractivity contribution < 1.29 is 24.0 Å². The summed E-state index contributed by atoms with van der Waals surface area (Å²) in [6.45, 7) is 6.73. The lowest BCUT2D eigenvalue weighted by Crippen LogP contribution is -2.17. The van der Waals surface area contributed by atoms with Crippen molar-refractivity contribution in [3.05, 3.63) is 55.5 Å². The molecule has 3 heterocycles. The predicted molar refractivity (Wildman–Crippen MR) is 122 cm³/mol. The van der Waals surface area contributed by atoms with Gasteiger partial charge in [-0.25, -0.2) is 9.48 Å². The van der Waals surface area contributed by atoms with E-state index < -0.39 is 22.7 Å². The topological polar surface area (TPSA) is 177 Å². The minimum Gasteiger partial charge on any atom is -0.462 e. The van der Waals surface area contributed by atoms with Gasteiger partial charge in [-0.3, -0.25) is 24.4 Å². The molecule has 0 aliphatic heterocycles. The molecule has 3 N–H and O–H groups in total. The van der Waals surface area contributed by atoms with Crippen LogP contribution in [0.15, 0.2) is 12.3 Å². The number of hydrogen-bond donors (Lipinski definition) is 2. The first-order valence-corrected chi connectivity index (χ1v) is 11.0. The molecule has 0 aliphatic rings. The van der Waals surface area contributed by atoms with E-state index in [0.717, 1.165) is 11.3 Å². The number of nitrogens with one attached hydrogen (secondary N) is 1. The summed E-state index contributed by atoms with van der Waals surface area (Å²) in [7, 11) is 0. The van der Waals surface area contributed by atoms with Crippen LogP contribution in [-0.4, -0.2) is 48.9 Å². The van der Waals surface area contributed by atoms with E-state index in [1.807, 2.05) is 6.92 Å². The fourth-order valence-electron chi connectivity index (χ4n) is 3.30. The Bertz CT molecular complexity index is 1290. The summed E-state index contributed by atoms with van der Waals surface area (Å²) in [4.78, 5) is 47.9. The van der Waals surface area contributed by atoms with E-state index in [9.17, 15) is 24.5 Å². The van der Waals surface area contributed by atoms with Crippen LogP contribution >= 0.6 is 11.3 Å². The number of primary amides is 1. The minimum atomic E-state index is -0.726. The second-order valence-electron chi connectivity index (χ2n) is 7.37. The highest BCUT2D eigenvalue weighted by atomic mass is 32.1. The molecule has 0 unspecified atom stereocenters. The molecule has 0 spiro atoms. The number of hydrogen-bond acceptors (Lipinski definition) is 9. The number of carbonyl (C=O) groups is 3. The summed E-state index contributed by atoms with van der Waals surface area (Å²) in [5, 5.41) is 22.3. The standard InChI is InChI=1S/C20H23N7O6S/c1-5-8-33-20(30)14-10(2)16(17(21)28)34-19(14)22-18(29)13-6-7-25(24-13)9-26-12(4)15(27(31)32)11(3)23-26/h6-7H,5,8-9H2,1-4H3,(H2,21,28)(H,22,29). The highest BCUT2D eigenvalue weighted by Gasteiger charge is 2.27. The molecular formula is C20H23N7O6S. The molecule has 0 fully saturated rings. The number of amides is 2. The zero-order chi connectivity index (χ0) is 25.2. The van der Waals surface area contributed by atoms with Crippen LogP contribution in [0.4, 0.5) is 10.7 Å². The number of ether oxygens (including phenoxy) is 1. The molecule has 3 aromatic rings. The second-order valence-corrected chi connectivity index (χ2v) is 8.39. The monoisotopic (exact) mass is 489 g/mol. The number of nitro groups is 1. The summed E-state index contributed by atoms with van der Waals surface area (Å²) >= 11 is 0.878. The van der Waals surface area contributed by atoms with Crippen LogP contribution in [0.5, 0.6) is 0 Å². The van der Waals surface area contributed by atoms with Crippen LogP contribution in [0, 0.1) is 30.9 Å². The summed E-state index contributed by atoms with van der Waals surface area (Å²) in [6, 6.07) is 1.44. The van der Waals surface area contributed by atoms with Crippen molar-refractivity contribution in [3.8, 4) is 0 Å². The molecule has 180 valence electrons. The molecule has 0 aromatic carbocycles. The van der Waals surface area contributed by atoms with Gasteiger partial charge in [-0.1, -0.05) is 6.92 Å². The van der Waals surface area contributed by atoms with Crippen LogP contribution in [0.1, 0.15) is 60.8 Å². The van der Waals surface area contributed by atoms with Crippen LogP contribution in [0.25, 0.3) is 0 Å². The van der Waals surface area contributed by atoms with Crippen LogP contribution in [0.3, 0.4) is 0 Å². The van der Waals surface area contributed by atoms with Gasteiger partial charge in [-0.15, -0.1) is 11.3 Å². The molecule has 34 heavy (non-hydrogen) atoms. The summed E-state index contributed by atoms with van der Waals surface area (Å²) < 4.78 is 7.98. The summed E-state index contributed by atoms with van der Waals surface area (Å²) in [6.07, 6.45) is 2.12. The van der Waals surface area contributed by atoms with Crippen LogP contribution < -0.4 is 11.1 Å².